The number of ether oxygens (including phenoxy) is 1. The topological polar surface area (TPSA) is 69.5 Å². The Kier molecular flexibility index (Phi) is 5.31. The van der Waals surface area contributed by atoms with Crippen LogP contribution in [-0.4, -0.2) is 47.8 Å². The summed E-state index contributed by atoms with van der Waals surface area (Å²) in [6, 6.07) is 15.8. The molecule has 0 bridgehead atoms. The Hall–Kier alpha value is -3.07. The van der Waals surface area contributed by atoms with Gasteiger partial charge in [-0.25, -0.2) is 9.78 Å². The highest BCUT2D eigenvalue weighted by Crippen LogP contribution is 2.25. The van der Waals surface area contributed by atoms with E-state index < -0.39 is 5.60 Å². The molecule has 27 heavy (non-hydrogen) atoms. The molecule has 0 radical (unpaired) electrons. The molecule has 1 amide bonds. The first-order valence-corrected chi connectivity index (χ1v) is 9.07. The number of amides is 1. The first-order valence-electron chi connectivity index (χ1n) is 9.07. The summed E-state index contributed by atoms with van der Waals surface area (Å²) in [4.78, 5) is 20.7. The van der Waals surface area contributed by atoms with E-state index in [0.717, 1.165) is 11.3 Å². The van der Waals surface area contributed by atoms with Crippen LogP contribution in [0, 0.1) is 11.3 Å². The van der Waals surface area contributed by atoms with Crippen molar-refractivity contribution in [2.24, 2.45) is 0 Å². The third kappa shape index (κ3) is 4.56. The number of carbonyl (C=O) groups excluding carboxylic acids is 1. The fraction of sp³-hybridized carbons (Fsp3) is 0.381. The number of aromatic nitrogens is 1. The number of hydrogen-bond acceptors (Lipinski definition) is 5. The number of piperazine rings is 1. The number of benzene rings is 1. The van der Waals surface area contributed by atoms with Crippen LogP contribution in [0.3, 0.4) is 0 Å². The zero-order chi connectivity index (χ0) is 19.4. The molecule has 2 heterocycles. The molecule has 140 valence electrons. The van der Waals surface area contributed by atoms with E-state index in [1.807, 2.05) is 63.2 Å². The summed E-state index contributed by atoms with van der Waals surface area (Å²) < 4.78 is 5.44. The SMILES string of the molecule is CC(C)(C)OC(=O)N1CCN(c2nc(-c3ccccc3)ccc2C#N)CC1. The quantitative estimate of drug-likeness (QED) is 0.813. The Balaban J connectivity index is 1.76. The average molecular weight is 364 g/mol. The standard InChI is InChI=1S/C21H24N4O2/c1-21(2,3)27-20(26)25-13-11-24(12-14-25)19-17(15-22)9-10-18(23-19)16-7-5-4-6-8-16/h4-10H,11-14H2,1-3H3. The third-order valence-corrected chi connectivity index (χ3v) is 4.30. The molecule has 0 spiro atoms. The van der Waals surface area contributed by atoms with Gasteiger partial charge < -0.3 is 14.5 Å². The number of nitriles is 1. The summed E-state index contributed by atoms with van der Waals surface area (Å²) in [5, 5.41) is 9.48. The van der Waals surface area contributed by atoms with Crippen molar-refractivity contribution in [3.05, 3.63) is 48.0 Å². The minimum Gasteiger partial charge on any atom is -0.444 e. The van der Waals surface area contributed by atoms with Crippen LogP contribution < -0.4 is 4.90 Å². The number of carbonyl (C=O) groups is 1. The van der Waals surface area contributed by atoms with E-state index in [1.165, 1.54) is 0 Å². The minimum absolute atomic E-state index is 0.298. The number of nitrogens with zero attached hydrogens (tertiary/aromatic N) is 4. The van der Waals surface area contributed by atoms with Gasteiger partial charge in [0.05, 0.1) is 11.3 Å². The van der Waals surface area contributed by atoms with Crippen molar-refractivity contribution in [2.45, 2.75) is 26.4 Å². The van der Waals surface area contributed by atoms with Gasteiger partial charge in [0.1, 0.15) is 17.5 Å². The van der Waals surface area contributed by atoms with Crippen molar-refractivity contribution in [1.29, 1.82) is 5.26 Å². The maximum absolute atomic E-state index is 12.2. The molecule has 0 aliphatic carbocycles. The lowest BCUT2D eigenvalue weighted by Gasteiger charge is -2.36. The van der Waals surface area contributed by atoms with Gasteiger partial charge in [-0.15, -0.1) is 0 Å². The number of anilines is 1. The molecule has 0 unspecified atom stereocenters. The Morgan fingerprint density at radius 2 is 1.74 bits per heavy atom. The second kappa shape index (κ2) is 7.67. The van der Waals surface area contributed by atoms with Crippen LogP contribution in [0.5, 0.6) is 0 Å². The van der Waals surface area contributed by atoms with E-state index >= 15 is 0 Å². The molecule has 1 aliphatic heterocycles. The summed E-state index contributed by atoms with van der Waals surface area (Å²) >= 11 is 0. The minimum atomic E-state index is -0.506. The van der Waals surface area contributed by atoms with Crippen LogP contribution in [0.2, 0.25) is 0 Å². The fourth-order valence-electron chi connectivity index (χ4n) is 2.97. The van der Waals surface area contributed by atoms with E-state index in [9.17, 15) is 10.1 Å². The molecule has 0 N–H and O–H groups in total. The van der Waals surface area contributed by atoms with Crippen molar-refractivity contribution < 1.29 is 9.53 Å². The normalized spacial score (nSPS) is 14.6. The van der Waals surface area contributed by atoms with Crippen molar-refractivity contribution in [3.8, 4) is 17.3 Å². The van der Waals surface area contributed by atoms with E-state index in [-0.39, 0.29) is 6.09 Å². The van der Waals surface area contributed by atoms with Crippen molar-refractivity contribution in [3.63, 3.8) is 0 Å². The Morgan fingerprint density at radius 1 is 1.07 bits per heavy atom. The molecular weight excluding hydrogens is 340 g/mol. The number of pyridine rings is 1. The highest BCUT2D eigenvalue weighted by molar-refractivity contribution is 5.69. The third-order valence-electron chi connectivity index (χ3n) is 4.30. The molecular formula is C21H24N4O2. The highest BCUT2D eigenvalue weighted by atomic mass is 16.6. The summed E-state index contributed by atoms with van der Waals surface area (Å²) in [5.74, 6) is 0.669. The lowest BCUT2D eigenvalue weighted by molar-refractivity contribution is 0.0240. The maximum atomic E-state index is 12.2. The Morgan fingerprint density at radius 3 is 2.33 bits per heavy atom. The summed E-state index contributed by atoms with van der Waals surface area (Å²) in [6.45, 7) is 7.88. The second-order valence-electron chi connectivity index (χ2n) is 7.50. The number of rotatable bonds is 2. The zero-order valence-corrected chi connectivity index (χ0v) is 16.0. The van der Waals surface area contributed by atoms with Crippen LogP contribution in [0.25, 0.3) is 11.3 Å². The average Bonchev–Trinajstić information content (AvgIpc) is 2.67. The highest BCUT2D eigenvalue weighted by Gasteiger charge is 2.27. The molecule has 1 aromatic carbocycles. The molecule has 0 saturated carbocycles. The van der Waals surface area contributed by atoms with Gasteiger partial charge in [0.2, 0.25) is 0 Å². The monoisotopic (exact) mass is 364 g/mol. The van der Waals surface area contributed by atoms with Gasteiger partial charge in [-0.2, -0.15) is 5.26 Å². The maximum Gasteiger partial charge on any atom is 0.410 e. The van der Waals surface area contributed by atoms with Crippen LogP contribution >= 0.6 is 0 Å². The number of hydrogen-bond donors (Lipinski definition) is 0. The molecule has 6 nitrogen and oxygen atoms in total. The van der Waals surface area contributed by atoms with Gasteiger partial charge in [0.25, 0.3) is 0 Å². The predicted octanol–water partition coefficient (Wildman–Crippen LogP) is 3.68. The summed E-state index contributed by atoms with van der Waals surface area (Å²) in [6.07, 6.45) is -0.298. The molecule has 1 saturated heterocycles. The van der Waals surface area contributed by atoms with E-state index in [1.54, 1.807) is 4.90 Å². The zero-order valence-electron chi connectivity index (χ0n) is 16.0. The predicted molar refractivity (Wildman–Crippen MR) is 104 cm³/mol. The first kappa shape index (κ1) is 18.7. The van der Waals surface area contributed by atoms with Gasteiger partial charge >= 0.3 is 6.09 Å². The molecule has 1 aromatic heterocycles. The molecule has 0 atom stereocenters. The van der Waals surface area contributed by atoms with E-state index in [0.29, 0.717) is 37.6 Å². The molecule has 6 heteroatoms. The summed E-state index contributed by atoms with van der Waals surface area (Å²) in [7, 11) is 0. The van der Waals surface area contributed by atoms with Crippen LogP contribution in [0.4, 0.5) is 10.6 Å². The van der Waals surface area contributed by atoms with Gasteiger partial charge in [0, 0.05) is 31.7 Å². The molecule has 3 rings (SSSR count). The van der Waals surface area contributed by atoms with Crippen LogP contribution in [-0.2, 0) is 4.74 Å². The van der Waals surface area contributed by atoms with Gasteiger partial charge in [-0.3, -0.25) is 0 Å². The smallest absolute Gasteiger partial charge is 0.410 e. The van der Waals surface area contributed by atoms with Gasteiger partial charge in [0.15, 0.2) is 0 Å². The second-order valence-corrected chi connectivity index (χ2v) is 7.50. The lowest BCUT2D eigenvalue weighted by atomic mass is 10.1. The lowest BCUT2D eigenvalue weighted by Crippen LogP contribution is -2.50. The largest absolute Gasteiger partial charge is 0.444 e. The van der Waals surface area contributed by atoms with Crippen LogP contribution in [0.15, 0.2) is 42.5 Å². The molecule has 1 fully saturated rings. The fourth-order valence-corrected chi connectivity index (χ4v) is 2.97. The van der Waals surface area contributed by atoms with Crippen LogP contribution in [0.1, 0.15) is 26.3 Å². The molecule has 1 aliphatic rings. The van der Waals surface area contributed by atoms with E-state index in [4.69, 9.17) is 9.72 Å². The van der Waals surface area contributed by atoms with Crippen molar-refractivity contribution >= 4 is 11.9 Å². The van der Waals surface area contributed by atoms with Crippen molar-refractivity contribution in [2.75, 3.05) is 31.1 Å². The van der Waals surface area contributed by atoms with Gasteiger partial charge in [-0.1, -0.05) is 30.3 Å². The Labute approximate surface area is 160 Å². The van der Waals surface area contributed by atoms with Crippen molar-refractivity contribution in [1.82, 2.24) is 9.88 Å². The first-order chi connectivity index (χ1) is 12.9. The summed E-state index contributed by atoms with van der Waals surface area (Å²) in [5.41, 5.74) is 1.88. The van der Waals surface area contributed by atoms with Gasteiger partial charge in [-0.05, 0) is 32.9 Å². The molecule has 2 aromatic rings. The Bertz CT molecular complexity index is 845. The van der Waals surface area contributed by atoms with E-state index in [2.05, 4.69) is 11.0 Å².